The Morgan fingerprint density at radius 3 is 1.97 bits per heavy atom. The first kappa shape index (κ1) is 23.2. The van der Waals surface area contributed by atoms with Crippen molar-refractivity contribution < 1.29 is 19.1 Å². The topological polar surface area (TPSA) is 52.6 Å². The average molecular weight is 401 g/mol. The molecule has 0 aromatic heterocycles. The van der Waals surface area contributed by atoms with Gasteiger partial charge in [-0.1, -0.05) is 87.9 Å². The number of esters is 2. The van der Waals surface area contributed by atoms with Crippen LogP contribution in [0.4, 0.5) is 0 Å². The number of carbonyl (C=O) groups excluding carboxylic acids is 2. The molecular formula is C25H36O4. The molecule has 0 heterocycles. The molecule has 1 aliphatic carbocycles. The lowest BCUT2D eigenvalue weighted by Crippen LogP contribution is -2.34. The number of hydrogen-bond donors (Lipinski definition) is 0. The zero-order valence-corrected chi connectivity index (χ0v) is 17.8. The Bertz CT molecular complexity index is 623. The summed E-state index contributed by atoms with van der Waals surface area (Å²) in [5.41, 5.74) is 1.13. The fourth-order valence-electron chi connectivity index (χ4n) is 3.70. The number of unbranched alkanes of at least 4 members (excludes halogenated alkanes) is 6. The minimum absolute atomic E-state index is 0.259. The predicted molar refractivity (Wildman–Crippen MR) is 115 cm³/mol. The minimum atomic E-state index is -0.433. The maximum atomic E-state index is 12.5. The summed E-state index contributed by atoms with van der Waals surface area (Å²) in [6, 6.07) is 9.94. The molecule has 0 N–H and O–H groups in total. The zero-order chi connectivity index (χ0) is 20.7. The Morgan fingerprint density at radius 1 is 0.793 bits per heavy atom. The van der Waals surface area contributed by atoms with E-state index in [-0.39, 0.29) is 11.9 Å². The standard InChI is InChI=1S/C25H36O4/c1-2-3-4-5-6-7-13-19-28-24(26)22-16-11-12-17-23(22)25(27)29-20-18-21-14-9-8-10-15-21/h8-12,14-15,22-23H,2-7,13,16-20H2,1H3. The van der Waals surface area contributed by atoms with E-state index in [2.05, 4.69) is 6.92 Å². The highest BCUT2D eigenvalue weighted by molar-refractivity contribution is 5.82. The van der Waals surface area contributed by atoms with Gasteiger partial charge >= 0.3 is 11.9 Å². The average Bonchev–Trinajstić information content (AvgIpc) is 2.76. The molecule has 29 heavy (non-hydrogen) atoms. The first-order valence-corrected chi connectivity index (χ1v) is 11.2. The number of benzene rings is 1. The van der Waals surface area contributed by atoms with Gasteiger partial charge in [-0.05, 0) is 24.8 Å². The summed E-state index contributed by atoms with van der Waals surface area (Å²) in [5.74, 6) is -1.40. The summed E-state index contributed by atoms with van der Waals surface area (Å²) < 4.78 is 11.0. The van der Waals surface area contributed by atoms with Crippen molar-refractivity contribution in [1.82, 2.24) is 0 Å². The van der Waals surface area contributed by atoms with Crippen molar-refractivity contribution in [3.8, 4) is 0 Å². The van der Waals surface area contributed by atoms with Crippen molar-refractivity contribution in [2.45, 2.75) is 71.1 Å². The van der Waals surface area contributed by atoms with Crippen LogP contribution in [0.2, 0.25) is 0 Å². The van der Waals surface area contributed by atoms with Gasteiger partial charge in [0, 0.05) is 6.42 Å². The highest BCUT2D eigenvalue weighted by Gasteiger charge is 2.36. The Hall–Kier alpha value is -2.10. The first-order valence-electron chi connectivity index (χ1n) is 11.2. The number of ether oxygens (including phenoxy) is 2. The summed E-state index contributed by atoms with van der Waals surface area (Å²) in [6.45, 7) is 3.00. The Morgan fingerprint density at radius 2 is 1.34 bits per heavy atom. The van der Waals surface area contributed by atoms with Crippen LogP contribution in [0.25, 0.3) is 0 Å². The van der Waals surface area contributed by atoms with Gasteiger partial charge in [0.2, 0.25) is 0 Å². The summed E-state index contributed by atoms with van der Waals surface area (Å²) >= 11 is 0. The van der Waals surface area contributed by atoms with E-state index in [9.17, 15) is 9.59 Å². The minimum Gasteiger partial charge on any atom is -0.465 e. The van der Waals surface area contributed by atoms with Crippen molar-refractivity contribution in [3.63, 3.8) is 0 Å². The molecule has 2 atom stereocenters. The third-order valence-electron chi connectivity index (χ3n) is 5.51. The maximum absolute atomic E-state index is 12.5. The van der Waals surface area contributed by atoms with Crippen molar-refractivity contribution in [3.05, 3.63) is 48.0 Å². The monoisotopic (exact) mass is 400 g/mol. The van der Waals surface area contributed by atoms with Gasteiger partial charge in [0.05, 0.1) is 25.0 Å². The van der Waals surface area contributed by atoms with Gasteiger partial charge in [-0.2, -0.15) is 0 Å². The van der Waals surface area contributed by atoms with Crippen LogP contribution in [-0.4, -0.2) is 25.2 Å². The third-order valence-corrected chi connectivity index (χ3v) is 5.51. The number of hydrogen-bond acceptors (Lipinski definition) is 4. The van der Waals surface area contributed by atoms with Crippen LogP contribution in [0.1, 0.15) is 70.3 Å². The Labute approximate surface area is 175 Å². The number of rotatable bonds is 13. The number of allylic oxidation sites excluding steroid dienone is 2. The second-order valence-electron chi connectivity index (χ2n) is 7.85. The van der Waals surface area contributed by atoms with Crippen molar-refractivity contribution in [1.29, 1.82) is 0 Å². The highest BCUT2D eigenvalue weighted by atomic mass is 16.5. The number of carbonyl (C=O) groups is 2. The van der Waals surface area contributed by atoms with Gasteiger partial charge in [-0.25, -0.2) is 0 Å². The first-order chi connectivity index (χ1) is 14.2. The molecule has 0 fully saturated rings. The van der Waals surface area contributed by atoms with Gasteiger partial charge in [0.1, 0.15) is 0 Å². The van der Waals surface area contributed by atoms with Crippen molar-refractivity contribution >= 4 is 11.9 Å². The molecule has 0 bridgehead atoms. The summed E-state index contributed by atoms with van der Waals surface area (Å²) in [7, 11) is 0. The van der Waals surface area contributed by atoms with E-state index in [0.717, 1.165) is 18.4 Å². The Kier molecular flexibility index (Phi) is 11.2. The normalized spacial score (nSPS) is 18.4. The molecule has 2 rings (SSSR count). The van der Waals surface area contributed by atoms with Crippen molar-refractivity contribution in [2.75, 3.05) is 13.2 Å². The predicted octanol–water partition coefficient (Wildman–Crippen LogP) is 5.65. The molecule has 0 spiro atoms. The molecule has 1 aromatic carbocycles. The molecule has 0 radical (unpaired) electrons. The van der Waals surface area contributed by atoms with Crippen molar-refractivity contribution in [2.24, 2.45) is 11.8 Å². The zero-order valence-electron chi connectivity index (χ0n) is 17.8. The fourth-order valence-corrected chi connectivity index (χ4v) is 3.70. The molecule has 0 amide bonds. The SMILES string of the molecule is CCCCCCCCCOC(=O)C1CC=CCC1C(=O)OCCc1ccccc1. The van der Waals surface area contributed by atoms with Crippen LogP contribution >= 0.6 is 0 Å². The van der Waals surface area contributed by atoms with Gasteiger partial charge in [0.15, 0.2) is 0 Å². The maximum Gasteiger partial charge on any atom is 0.310 e. The lowest BCUT2D eigenvalue weighted by molar-refractivity contribution is -0.161. The Balaban J connectivity index is 1.68. The molecule has 160 valence electrons. The third kappa shape index (κ3) is 8.84. The van der Waals surface area contributed by atoms with E-state index < -0.39 is 11.8 Å². The highest BCUT2D eigenvalue weighted by Crippen LogP contribution is 2.28. The van der Waals surface area contributed by atoms with Gasteiger partial charge in [0.25, 0.3) is 0 Å². The van der Waals surface area contributed by atoms with E-state index in [4.69, 9.17) is 9.47 Å². The van der Waals surface area contributed by atoms with E-state index in [0.29, 0.717) is 32.5 Å². The largest absolute Gasteiger partial charge is 0.465 e. The fraction of sp³-hybridized carbons (Fsp3) is 0.600. The van der Waals surface area contributed by atoms with Crippen LogP contribution in [-0.2, 0) is 25.5 Å². The van der Waals surface area contributed by atoms with E-state index in [1.54, 1.807) is 0 Å². The molecular weight excluding hydrogens is 364 g/mol. The molecule has 4 heteroatoms. The molecule has 4 nitrogen and oxygen atoms in total. The smallest absolute Gasteiger partial charge is 0.310 e. The molecule has 0 aliphatic heterocycles. The molecule has 1 aliphatic rings. The van der Waals surface area contributed by atoms with Gasteiger partial charge < -0.3 is 9.47 Å². The van der Waals surface area contributed by atoms with Crippen LogP contribution < -0.4 is 0 Å². The van der Waals surface area contributed by atoms with Crippen LogP contribution in [0, 0.1) is 11.8 Å². The van der Waals surface area contributed by atoms with Gasteiger partial charge in [-0.3, -0.25) is 9.59 Å². The summed E-state index contributed by atoms with van der Waals surface area (Å²) in [6.07, 6.45) is 14.0. The molecule has 1 aromatic rings. The molecule has 0 saturated carbocycles. The van der Waals surface area contributed by atoms with E-state index >= 15 is 0 Å². The van der Waals surface area contributed by atoms with E-state index in [1.807, 2.05) is 42.5 Å². The second kappa shape index (κ2) is 14.0. The molecule has 2 unspecified atom stereocenters. The van der Waals surface area contributed by atoms with Crippen LogP contribution in [0.5, 0.6) is 0 Å². The van der Waals surface area contributed by atoms with E-state index in [1.165, 1.54) is 32.1 Å². The molecule has 0 saturated heterocycles. The van der Waals surface area contributed by atoms with Crippen LogP contribution in [0.15, 0.2) is 42.5 Å². The lowest BCUT2D eigenvalue weighted by atomic mass is 9.83. The summed E-state index contributed by atoms with van der Waals surface area (Å²) in [4.78, 5) is 25.1. The quantitative estimate of drug-likeness (QED) is 0.244. The summed E-state index contributed by atoms with van der Waals surface area (Å²) in [5, 5.41) is 0. The second-order valence-corrected chi connectivity index (χ2v) is 7.85. The lowest BCUT2D eigenvalue weighted by Gasteiger charge is -2.25. The van der Waals surface area contributed by atoms with Crippen LogP contribution in [0.3, 0.4) is 0 Å². The van der Waals surface area contributed by atoms with Gasteiger partial charge in [-0.15, -0.1) is 0 Å².